The number of carbonyl (C=O) groups excluding carboxylic acids is 1. The molecule has 0 unspecified atom stereocenters. The van der Waals surface area contributed by atoms with Crippen LogP contribution in [0.2, 0.25) is 0 Å². The molecule has 0 bridgehead atoms. The summed E-state index contributed by atoms with van der Waals surface area (Å²) in [6, 6.07) is 8.38. The minimum absolute atomic E-state index is 0.502. The standard InChI is InChI=1S/C13H15NO/c1-3-14-12(7-8-15)9-11-6-4-5-10(2)13(11)14/h4-6,8-9H,3,7H2,1-2H3. The molecule has 15 heavy (non-hydrogen) atoms. The van der Waals surface area contributed by atoms with Gasteiger partial charge in [-0.2, -0.15) is 0 Å². The van der Waals surface area contributed by atoms with Crippen molar-refractivity contribution in [3.05, 3.63) is 35.5 Å². The molecule has 1 aromatic heterocycles. The largest absolute Gasteiger partial charge is 0.344 e. The molecule has 0 aliphatic carbocycles. The number of aldehydes is 1. The zero-order valence-electron chi connectivity index (χ0n) is 9.16. The summed E-state index contributed by atoms with van der Waals surface area (Å²) in [7, 11) is 0. The van der Waals surface area contributed by atoms with Gasteiger partial charge in [0.2, 0.25) is 0 Å². The maximum absolute atomic E-state index is 10.6. The molecule has 1 aromatic carbocycles. The highest BCUT2D eigenvalue weighted by atomic mass is 16.1. The molecule has 0 radical (unpaired) electrons. The van der Waals surface area contributed by atoms with E-state index in [9.17, 15) is 4.79 Å². The van der Waals surface area contributed by atoms with Crippen LogP contribution in [0.5, 0.6) is 0 Å². The summed E-state index contributed by atoms with van der Waals surface area (Å²) in [6.45, 7) is 5.14. The fourth-order valence-corrected chi connectivity index (χ4v) is 2.18. The predicted octanol–water partition coefficient (Wildman–Crippen LogP) is 2.71. The third-order valence-corrected chi connectivity index (χ3v) is 2.82. The van der Waals surface area contributed by atoms with Crippen molar-refractivity contribution in [3.8, 4) is 0 Å². The first-order valence-corrected chi connectivity index (χ1v) is 5.29. The first-order chi connectivity index (χ1) is 7.27. The molecule has 0 N–H and O–H groups in total. The van der Waals surface area contributed by atoms with E-state index >= 15 is 0 Å². The fourth-order valence-electron chi connectivity index (χ4n) is 2.18. The molecule has 0 amide bonds. The Bertz CT molecular complexity index is 496. The smallest absolute Gasteiger partial charge is 0.125 e. The summed E-state index contributed by atoms with van der Waals surface area (Å²) in [4.78, 5) is 10.6. The number of rotatable bonds is 3. The monoisotopic (exact) mass is 201 g/mol. The topological polar surface area (TPSA) is 22.0 Å². The zero-order chi connectivity index (χ0) is 10.8. The van der Waals surface area contributed by atoms with Crippen LogP contribution in [0.3, 0.4) is 0 Å². The molecule has 78 valence electrons. The number of nitrogens with zero attached hydrogens (tertiary/aromatic N) is 1. The van der Waals surface area contributed by atoms with E-state index in [1.165, 1.54) is 16.5 Å². The Hall–Kier alpha value is -1.57. The fraction of sp³-hybridized carbons (Fsp3) is 0.308. The van der Waals surface area contributed by atoms with E-state index in [0.29, 0.717) is 6.42 Å². The number of aryl methyl sites for hydroxylation is 2. The molecule has 0 fully saturated rings. The van der Waals surface area contributed by atoms with E-state index < -0.39 is 0 Å². The summed E-state index contributed by atoms with van der Waals surface area (Å²) in [6.07, 6.45) is 1.47. The molecule has 2 aromatic rings. The number of para-hydroxylation sites is 1. The molecule has 2 heteroatoms. The third kappa shape index (κ3) is 1.56. The van der Waals surface area contributed by atoms with Gasteiger partial charge in [-0.3, -0.25) is 0 Å². The number of fused-ring (bicyclic) bond motifs is 1. The number of aromatic nitrogens is 1. The maximum atomic E-state index is 10.6. The summed E-state index contributed by atoms with van der Waals surface area (Å²) in [5, 5.41) is 1.23. The minimum Gasteiger partial charge on any atom is -0.344 e. The lowest BCUT2D eigenvalue weighted by Gasteiger charge is -2.07. The Labute approximate surface area is 89.5 Å². The number of carbonyl (C=O) groups is 1. The Morgan fingerprint density at radius 1 is 1.40 bits per heavy atom. The second kappa shape index (κ2) is 3.89. The van der Waals surface area contributed by atoms with Gasteiger partial charge in [0.1, 0.15) is 6.29 Å². The van der Waals surface area contributed by atoms with Crippen LogP contribution in [0.1, 0.15) is 18.2 Å². The van der Waals surface area contributed by atoms with Gasteiger partial charge in [-0.15, -0.1) is 0 Å². The summed E-state index contributed by atoms with van der Waals surface area (Å²) in [5.74, 6) is 0. The van der Waals surface area contributed by atoms with Crippen LogP contribution in [-0.2, 0) is 17.8 Å². The minimum atomic E-state index is 0.502. The first kappa shape index (κ1) is 9.97. The number of hydrogen-bond acceptors (Lipinski definition) is 1. The molecule has 0 saturated carbocycles. The highest BCUT2D eigenvalue weighted by molar-refractivity contribution is 5.85. The Kier molecular flexibility index (Phi) is 2.58. The zero-order valence-corrected chi connectivity index (χ0v) is 9.16. The van der Waals surface area contributed by atoms with Gasteiger partial charge in [0.25, 0.3) is 0 Å². The second-order valence-corrected chi connectivity index (χ2v) is 3.76. The normalized spacial score (nSPS) is 10.8. The second-order valence-electron chi connectivity index (χ2n) is 3.76. The average molecular weight is 201 g/mol. The van der Waals surface area contributed by atoms with E-state index in [1.54, 1.807) is 0 Å². The quantitative estimate of drug-likeness (QED) is 0.700. The van der Waals surface area contributed by atoms with Gasteiger partial charge in [-0.25, -0.2) is 0 Å². The maximum Gasteiger partial charge on any atom is 0.125 e. The van der Waals surface area contributed by atoms with Gasteiger partial charge >= 0.3 is 0 Å². The van der Waals surface area contributed by atoms with Crippen LogP contribution in [0.15, 0.2) is 24.3 Å². The van der Waals surface area contributed by atoms with Gasteiger partial charge in [0.15, 0.2) is 0 Å². The SMILES string of the molecule is CCn1c(CC=O)cc2cccc(C)c21. The summed E-state index contributed by atoms with van der Waals surface area (Å²) < 4.78 is 2.22. The molecule has 0 atom stereocenters. The first-order valence-electron chi connectivity index (χ1n) is 5.29. The Balaban J connectivity index is 2.73. The van der Waals surface area contributed by atoms with Crippen molar-refractivity contribution in [1.29, 1.82) is 0 Å². The highest BCUT2D eigenvalue weighted by Gasteiger charge is 2.08. The third-order valence-electron chi connectivity index (χ3n) is 2.82. The number of hydrogen-bond donors (Lipinski definition) is 0. The van der Waals surface area contributed by atoms with Crippen LogP contribution in [0, 0.1) is 6.92 Å². The lowest BCUT2D eigenvalue weighted by Crippen LogP contribution is -2.01. The van der Waals surface area contributed by atoms with Gasteiger partial charge < -0.3 is 9.36 Å². The molecule has 0 aliphatic rings. The van der Waals surface area contributed by atoms with Crippen molar-refractivity contribution >= 4 is 17.2 Å². The van der Waals surface area contributed by atoms with E-state index in [0.717, 1.165) is 18.5 Å². The molecule has 0 saturated heterocycles. The van der Waals surface area contributed by atoms with Crippen LogP contribution in [-0.4, -0.2) is 10.9 Å². The van der Waals surface area contributed by atoms with Crippen LogP contribution in [0.4, 0.5) is 0 Å². The van der Waals surface area contributed by atoms with Gasteiger partial charge in [0.05, 0.1) is 5.52 Å². The molecule has 0 spiro atoms. The molecular formula is C13H15NO. The van der Waals surface area contributed by atoms with Gasteiger partial charge in [-0.1, -0.05) is 18.2 Å². The van der Waals surface area contributed by atoms with Crippen molar-refractivity contribution in [2.75, 3.05) is 0 Å². The number of benzene rings is 1. The molecule has 0 aliphatic heterocycles. The van der Waals surface area contributed by atoms with E-state index in [2.05, 4.69) is 42.7 Å². The summed E-state index contributed by atoms with van der Waals surface area (Å²) in [5.41, 5.74) is 3.64. The predicted molar refractivity (Wildman–Crippen MR) is 62.1 cm³/mol. The van der Waals surface area contributed by atoms with E-state index in [-0.39, 0.29) is 0 Å². The molecular weight excluding hydrogens is 186 g/mol. The van der Waals surface area contributed by atoms with Gasteiger partial charge in [-0.05, 0) is 25.5 Å². The van der Waals surface area contributed by atoms with Crippen LogP contribution in [0.25, 0.3) is 10.9 Å². The molecule has 1 heterocycles. The molecule has 2 nitrogen and oxygen atoms in total. The lowest BCUT2D eigenvalue weighted by molar-refractivity contribution is -0.107. The molecule has 2 rings (SSSR count). The Morgan fingerprint density at radius 3 is 2.87 bits per heavy atom. The Morgan fingerprint density at radius 2 is 2.20 bits per heavy atom. The van der Waals surface area contributed by atoms with Crippen LogP contribution >= 0.6 is 0 Å². The summed E-state index contributed by atoms with van der Waals surface area (Å²) >= 11 is 0. The van der Waals surface area contributed by atoms with Crippen molar-refractivity contribution in [3.63, 3.8) is 0 Å². The van der Waals surface area contributed by atoms with E-state index in [1.807, 2.05) is 0 Å². The van der Waals surface area contributed by atoms with Gasteiger partial charge in [0, 0.05) is 24.0 Å². The van der Waals surface area contributed by atoms with Crippen LogP contribution < -0.4 is 0 Å². The van der Waals surface area contributed by atoms with Crippen molar-refractivity contribution in [1.82, 2.24) is 4.57 Å². The van der Waals surface area contributed by atoms with Crippen molar-refractivity contribution < 1.29 is 4.79 Å². The van der Waals surface area contributed by atoms with E-state index in [4.69, 9.17) is 0 Å². The van der Waals surface area contributed by atoms with Crippen molar-refractivity contribution in [2.45, 2.75) is 26.8 Å². The lowest BCUT2D eigenvalue weighted by atomic mass is 10.2. The highest BCUT2D eigenvalue weighted by Crippen LogP contribution is 2.23. The average Bonchev–Trinajstić information content (AvgIpc) is 2.57. The van der Waals surface area contributed by atoms with Crippen molar-refractivity contribution in [2.24, 2.45) is 0 Å².